The van der Waals surface area contributed by atoms with Crippen LogP contribution in [0.1, 0.15) is 67.7 Å². The number of benzene rings is 4. The van der Waals surface area contributed by atoms with Crippen molar-refractivity contribution in [2.24, 2.45) is 0 Å². The van der Waals surface area contributed by atoms with Crippen LogP contribution in [0.15, 0.2) is 42.5 Å². The zero-order valence-corrected chi connectivity index (χ0v) is 30.2. The van der Waals surface area contributed by atoms with Crippen LogP contribution in [0.3, 0.4) is 0 Å². The quantitative estimate of drug-likeness (QED) is 0.196. The Balaban J connectivity index is 0.000000159. The van der Waals surface area contributed by atoms with E-state index in [1.54, 1.807) is 34.5 Å². The number of aliphatic hydroxyl groups is 2. The van der Waals surface area contributed by atoms with Crippen molar-refractivity contribution >= 4 is 11.6 Å². The summed E-state index contributed by atoms with van der Waals surface area (Å²) >= 11 is 6.56. The molecule has 0 saturated carbocycles. The second kappa shape index (κ2) is 14.4. The predicted octanol–water partition coefficient (Wildman–Crippen LogP) is 5.77. The Morgan fingerprint density at radius 1 is 0.627 bits per heavy atom. The average molecular weight is 717 g/mol. The molecule has 8 rings (SSSR count). The molecule has 0 fully saturated rings. The molecule has 4 heterocycles. The molecule has 0 unspecified atom stereocenters. The molecular weight excluding hydrogens is 672 g/mol. The van der Waals surface area contributed by atoms with Crippen molar-refractivity contribution in [2.75, 3.05) is 41.5 Å². The normalized spacial score (nSPS) is 18.8. The van der Waals surface area contributed by atoms with Crippen LogP contribution in [-0.4, -0.2) is 71.8 Å². The van der Waals surface area contributed by atoms with Crippen LogP contribution >= 0.6 is 11.6 Å². The van der Waals surface area contributed by atoms with E-state index in [1.165, 1.54) is 27.8 Å². The maximum Gasteiger partial charge on any atom is 0.165 e. The second-order valence-corrected chi connectivity index (χ2v) is 14.0. The van der Waals surface area contributed by atoms with Crippen molar-refractivity contribution in [2.45, 2.75) is 64.1 Å². The van der Waals surface area contributed by atoms with E-state index >= 15 is 0 Å². The van der Waals surface area contributed by atoms with E-state index in [2.05, 4.69) is 15.9 Å². The van der Waals surface area contributed by atoms with Crippen LogP contribution in [0.5, 0.6) is 34.5 Å². The first-order chi connectivity index (χ1) is 24.7. The fourth-order valence-corrected chi connectivity index (χ4v) is 8.75. The van der Waals surface area contributed by atoms with Crippen molar-refractivity contribution in [1.82, 2.24) is 9.80 Å². The number of methoxy groups -OCH3 is 4. The highest BCUT2D eigenvalue weighted by atomic mass is 35.5. The number of ether oxygens (including phenoxy) is 4. The topological polar surface area (TPSA) is 124 Å². The predicted molar refractivity (Wildman–Crippen MR) is 193 cm³/mol. The summed E-state index contributed by atoms with van der Waals surface area (Å²) in [6.45, 7) is 3.11. The molecule has 0 aromatic heterocycles. The van der Waals surface area contributed by atoms with Crippen LogP contribution in [0.4, 0.5) is 0 Å². The molecule has 4 aromatic rings. The summed E-state index contributed by atoms with van der Waals surface area (Å²) in [6.07, 6.45) is 3.43. The van der Waals surface area contributed by atoms with Gasteiger partial charge in [-0.25, -0.2) is 0 Å². The van der Waals surface area contributed by atoms with Crippen LogP contribution in [0.2, 0.25) is 5.02 Å². The number of nitrogens with zero attached hydrogens (tertiary/aromatic N) is 2. The van der Waals surface area contributed by atoms with Crippen LogP contribution in [0, 0.1) is 0 Å². The molecule has 0 saturated heterocycles. The van der Waals surface area contributed by atoms with E-state index in [-0.39, 0.29) is 36.8 Å². The Morgan fingerprint density at radius 2 is 1.16 bits per heavy atom. The lowest BCUT2D eigenvalue weighted by atomic mass is 9.83. The van der Waals surface area contributed by atoms with Gasteiger partial charge >= 0.3 is 0 Å². The van der Waals surface area contributed by atoms with E-state index in [0.717, 1.165) is 85.8 Å². The van der Waals surface area contributed by atoms with Gasteiger partial charge in [0.1, 0.15) is 11.5 Å². The van der Waals surface area contributed by atoms with Gasteiger partial charge in [-0.2, -0.15) is 0 Å². The highest BCUT2D eigenvalue weighted by molar-refractivity contribution is 6.31. The number of halogens is 1. The number of hydrogen-bond acceptors (Lipinski definition) is 10. The molecule has 4 N–H and O–H groups in total. The maximum absolute atomic E-state index is 10.2. The van der Waals surface area contributed by atoms with Crippen molar-refractivity contribution in [3.8, 4) is 34.5 Å². The second-order valence-electron chi connectivity index (χ2n) is 13.5. The van der Waals surface area contributed by atoms with Crippen LogP contribution < -0.4 is 18.9 Å². The van der Waals surface area contributed by atoms with Gasteiger partial charge in [-0.1, -0.05) is 17.7 Å². The summed E-state index contributed by atoms with van der Waals surface area (Å²) in [5, 5.41) is 39.9. The van der Waals surface area contributed by atoms with Gasteiger partial charge in [-0.15, -0.1) is 0 Å². The summed E-state index contributed by atoms with van der Waals surface area (Å²) in [5.74, 6) is 3.32. The van der Waals surface area contributed by atoms with Gasteiger partial charge in [0, 0.05) is 71.6 Å². The number of rotatable bonds is 6. The SMILES string of the molecule is COc1cc(Cl)c2c(c1OC)CN1CCc3cc(CO)c(O)cc3[C@H]1C2.COc1ccc2c(c1OC)CN1CCc3cc(CO)c(O)cc3[C@H]1C2. The van der Waals surface area contributed by atoms with Gasteiger partial charge in [0.05, 0.1) is 41.7 Å². The van der Waals surface area contributed by atoms with Crippen LogP contribution in [-0.2, 0) is 52.0 Å². The maximum atomic E-state index is 10.2. The lowest BCUT2D eigenvalue weighted by molar-refractivity contribution is 0.157. The van der Waals surface area contributed by atoms with Gasteiger partial charge in [0.15, 0.2) is 23.0 Å². The molecule has 4 aliphatic rings. The summed E-state index contributed by atoms with van der Waals surface area (Å²) in [5.41, 5.74) is 10.5. The third-order valence-corrected chi connectivity index (χ3v) is 11.4. The smallest absolute Gasteiger partial charge is 0.165 e. The largest absolute Gasteiger partial charge is 0.508 e. The van der Waals surface area contributed by atoms with Gasteiger partial charge in [0.25, 0.3) is 0 Å². The minimum atomic E-state index is -0.154. The lowest BCUT2D eigenvalue weighted by Gasteiger charge is -2.42. The Hall–Kier alpha value is -4.19. The number of phenols is 2. The highest BCUT2D eigenvalue weighted by Gasteiger charge is 2.37. The molecule has 11 heteroatoms. The number of aromatic hydroxyl groups is 2. The lowest BCUT2D eigenvalue weighted by Crippen LogP contribution is -2.39. The minimum absolute atomic E-state index is 0.132. The molecule has 270 valence electrons. The standard InChI is InChI=1S/C20H22ClNO4.C20H23NO4/c1-25-19-8-16(21)14-6-17-13-7-18(24)12(10-23)5-11(13)3-4-22(17)9-15(14)20(19)26-2;1-24-19-4-3-12-8-17-15-9-18(23)14(11-22)7-13(15)5-6-21(17)10-16(12)20(19)25-2/h5,7-8,17,23-24H,3-4,6,9-10H2,1-2H3;3-4,7,9,17,22-23H,5-6,8,10-11H2,1-2H3/t2*17-/m11/s1. The Labute approximate surface area is 303 Å². The molecule has 0 radical (unpaired) electrons. The molecule has 51 heavy (non-hydrogen) atoms. The van der Waals surface area contributed by atoms with E-state index in [1.807, 2.05) is 30.3 Å². The number of fused-ring (bicyclic) bond motifs is 8. The summed E-state index contributed by atoms with van der Waals surface area (Å²) in [6, 6.07) is 13.8. The van der Waals surface area contributed by atoms with E-state index in [4.69, 9.17) is 30.5 Å². The first-order valence-electron chi connectivity index (χ1n) is 17.3. The van der Waals surface area contributed by atoms with E-state index in [0.29, 0.717) is 21.9 Å². The molecule has 0 amide bonds. The zero-order valence-electron chi connectivity index (χ0n) is 29.5. The van der Waals surface area contributed by atoms with Crippen LogP contribution in [0.25, 0.3) is 0 Å². The molecule has 2 atom stereocenters. The first kappa shape index (κ1) is 35.2. The summed E-state index contributed by atoms with van der Waals surface area (Å²) < 4.78 is 22.1. The van der Waals surface area contributed by atoms with Crippen molar-refractivity contribution in [1.29, 1.82) is 0 Å². The van der Waals surface area contributed by atoms with E-state index in [9.17, 15) is 20.4 Å². The fourth-order valence-electron chi connectivity index (χ4n) is 8.46. The fraction of sp³-hybridized carbons (Fsp3) is 0.400. The molecule has 4 aliphatic heterocycles. The molecular formula is C40H45ClN2O8. The van der Waals surface area contributed by atoms with E-state index < -0.39 is 0 Å². The minimum Gasteiger partial charge on any atom is -0.508 e. The van der Waals surface area contributed by atoms with Crippen molar-refractivity contribution in [3.63, 3.8) is 0 Å². The number of hydrogen-bond donors (Lipinski definition) is 4. The molecule has 0 bridgehead atoms. The molecule has 4 aromatic carbocycles. The zero-order chi connectivity index (χ0) is 36.0. The Morgan fingerprint density at radius 3 is 1.69 bits per heavy atom. The molecule has 0 aliphatic carbocycles. The number of aliphatic hydroxyl groups excluding tert-OH is 2. The molecule has 0 spiro atoms. The summed E-state index contributed by atoms with van der Waals surface area (Å²) in [7, 11) is 6.61. The highest BCUT2D eigenvalue weighted by Crippen LogP contribution is 2.48. The monoisotopic (exact) mass is 716 g/mol. The van der Waals surface area contributed by atoms with Gasteiger partial charge in [-0.3, -0.25) is 9.80 Å². The Bertz CT molecular complexity index is 1970. The first-order valence-corrected chi connectivity index (χ1v) is 17.6. The van der Waals surface area contributed by atoms with Gasteiger partial charge in [0.2, 0.25) is 0 Å². The third-order valence-electron chi connectivity index (χ3n) is 11.1. The average Bonchev–Trinajstić information content (AvgIpc) is 3.15. The molecule has 10 nitrogen and oxygen atoms in total. The third kappa shape index (κ3) is 6.23. The van der Waals surface area contributed by atoms with Crippen molar-refractivity contribution in [3.05, 3.63) is 103 Å². The summed E-state index contributed by atoms with van der Waals surface area (Å²) in [4.78, 5) is 4.83. The van der Waals surface area contributed by atoms with Gasteiger partial charge in [-0.05, 0) is 89.4 Å². The van der Waals surface area contributed by atoms with Crippen molar-refractivity contribution < 1.29 is 39.4 Å². The Kier molecular flexibility index (Phi) is 9.97. The van der Waals surface area contributed by atoms with Gasteiger partial charge < -0.3 is 39.4 Å².